The van der Waals surface area contributed by atoms with Gasteiger partial charge in [-0.3, -0.25) is 4.90 Å². The molecule has 6 rings (SSSR count). The number of anilines is 3. The highest BCUT2D eigenvalue weighted by molar-refractivity contribution is 7.89. The average Bonchev–Trinajstić information content (AvgIpc) is 3.60. The zero-order chi connectivity index (χ0) is 26.3. The van der Waals surface area contributed by atoms with Crippen LogP contribution in [0, 0.1) is 5.92 Å². The molecule has 4 N–H and O–H groups in total. The summed E-state index contributed by atoms with van der Waals surface area (Å²) in [6, 6.07) is 10.4. The van der Waals surface area contributed by atoms with E-state index in [-0.39, 0.29) is 10.8 Å². The van der Waals surface area contributed by atoms with Crippen molar-refractivity contribution >= 4 is 33.4 Å². The van der Waals surface area contributed by atoms with Crippen molar-refractivity contribution in [3.63, 3.8) is 0 Å². The maximum Gasteiger partial charge on any atom is 0.259 e. The first kappa shape index (κ1) is 24.6. The lowest BCUT2D eigenvalue weighted by molar-refractivity contribution is 0.205. The number of nitrogens with zero attached hydrogens (tertiary/aromatic N) is 8. The number of piperidine rings is 1. The summed E-state index contributed by atoms with van der Waals surface area (Å²) in [4.78, 5) is 20.8. The van der Waals surface area contributed by atoms with E-state index < -0.39 is 10.0 Å². The van der Waals surface area contributed by atoms with E-state index in [4.69, 9.17) is 15.3 Å². The van der Waals surface area contributed by atoms with E-state index in [1.807, 2.05) is 12.1 Å². The predicted octanol–water partition coefficient (Wildman–Crippen LogP) is 1.05. The number of fused-ring (bicyclic) bond motifs is 1. The molecule has 38 heavy (non-hydrogen) atoms. The number of rotatable bonds is 6. The molecule has 1 unspecified atom stereocenters. The molecule has 2 saturated heterocycles. The van der Waals surface area contributed by atoms with Gasteiger partial charge in [-0.1, -0.05) is 0 Å². The molecular weight excluding hydrogens is 508 g/mol. The van der Waals surface area contributed by atoms with Gasteiger partial charge in [-0.25, -0.2) is 13.6 Å². The van der Waals surface area contributed by atoms with Crippen molar-refractivity contribution in [1.29, 1.82) is 0 Å². The van der Waals surface area contributed by atoms with E-state index in [0.29, 0.717) is 29.2 Å². The predicted molar refractivity (Wildman–Crippen MR) is 142 cm³/mol. The Morgan fingerprint density at radius 2 is 1.76 bits per heavy atom. The lowest BCUT2D eigenvalue weighted by atomic mass is 9.97. The second kappa shape index (κ2) is 9.85. The number of benzene rings is 1. The first-order valence-corrected chi connectivity index (χ1v) is 14.2. The Balaban J connectivity index is 1.07. The third-order valence-corrected chi connectivity index (χ3v) is 8.11. The van der Waals surface area contributed by atoms with Gasteiger partial charge >= 0.3 is 0 Å². The van der Waals surface area contributed by atoms with E-state index in [1.54, 1.807) is 30.5 Å². The summed E-state index contributed by atoms with van der Waals surface area (Å²) >= 11 is 0. The lowest BCUT2D eigenvalue weighted by Crippen LogP contribution is -2.49. The highest BCUT2D eigenvalue weighted by Gasteiger charge is 2.27. The quantitative estimate of drug-likeness (QED) is 0.360. The van der Waals surface area contributed by atoms with Gasteiger partial charge in [0.25, 0.3) is 5.78 Å². The lowest BCUT2D eigenvalue weighted by Gasteiger charge is -2.40. The minimum atomic E-state index is -3.68. The van der Waals surface area contributed by atoms with Crippen molar-refractivity contribution in [2.75, 3.05) is 61.3 Å². The van der Waals surface area contributed by atoms with E-state index in [0.717, 1.165) is 64.3 Å². The standard InChI is InChI=1S/C24H30N10O3S/c25-22-28-23(29-24-27-21(30-34(22)24)20-4-2-14-37-20)33-9-1-3-17(16-33)15-31-10-12-32(13-11-31)18-5-7-19(8-6-18)38(26,35)36/h2,4-8,14,17H,1,3,9-13,15-16H2,(H2,26,35,36)(H2,25,27,28,29,30). The van der Waals surface area contributed by atoms with E-state index in [9.17, 15) is 8.42 Å². The number of furan rings is 1. The molecule has 2 aliphatic rings. The molecule has 2 aliphatic heterocycles. The third-order valence-electron chi connectivity index (χ3n) is 7.18. The Morgan fingerprint density at radius 3 is 2.47 bits per heavy atom. The summed E-state index contributed by atoms with van der Waals surface area (Å²) in [6.45, 7) is 6.37. The Morgan fingerprint density at radius 1 is 0.974 bits per heavy atom. The molecule has 0 aliphatic carbocycles. The molecule has 2 fully saturated rings. The first-order valence-electron chi connectivity index (χ1n) is 12.6. The molecule has 0 radical (unpaired) electrons. The maximum atomic E-state index is 11.5. The van der Waals surface area contributed by atoms with Gasteiger partial charge < -0.3 is 20.0 Å². The summed E-state index contributed by atoms with van der Waals surface area (Å²) in [7, 11) is -3.68. The number of sulfonamides is 1. The molecule has 0 bridgehead atoms. The van der Waals surface area contributed by atoms with Crippen LogP contribution in [-0.4, -0.2) is 83.7 Å². The van der Waals surface area contributed by atoms with Crippen LogP contribution in [0.5, 0.6) is 0 Å². The first-order chi connectivity index (χ1) is 18.3. The molecule has 5 heterocycles. The fourth-order valence-electron chi connectivity index (χ4n) is 5.24. The molecule has 14 heteroatoms. The normalized spacial score (nSPS) is 19.3. The highest BCUT2D eigenvalue weighted by Crippen LogP contribution is 2.25. The second-order valence-corrected chi connectivity index (χ2v) is 11.3. The second-order valence-electron chi connectivity index (χ2n) is 9.79. The fraction of sp³-hybridized carbons (Fsp3) is 0.417. The zero-order valence-corrected chi connectivity index (χ0v) is 21.7. The topological polar surface area (TPSA) is 165 Å². The van der Waals surface area contributed by atoms with Crippen LogP contribution >= 0.6 is 0 Å². The molecule has 3 aromatic heterocycles. The van der Waals surface area contributed by atoms with Crippen molar-refractivity contribution in [3.8, 4) is 11.6 Å². The maximum absolute atomic E-state index is 11.5. The van der Waals surface area contributed by atoms with Gasteiger partial charge in [0.05, 0.1) is 11.2 Å². The van der Waals surface area contributed by atoms with Crippen molar-refractivity contribution < 1.29 is 12.8 Å². The molecule has 4 aromatic rings. The van der Waals surface area contributed by atoms with Crippen LogP contribution in [0.15, 0.2) is 52.0 Å². The van der Waals surface area contributed by atoms with Crippen molar-refractivity contribution in [2.45, 2.75) is 17.7 Å². The van der Waals surface area contributed by atoms with E-state index in [1.165, 1.54) is 4.52 Å². The van der Waals surface area contributed by atoms with Crippen LogP contribution in [0.3, 0.4) is 0 Å². The van der Waals surface area contributed by atoms with Gasteiger partial charge in [0.1, 0.15) is 0 Å². The van der Waals surface area contributed by atoms with Gasteiger partial charge in [-0.15, -0.1) is 5.10 Å². The minimum Gasteiger partial charge on any atom is -0.461 e. The highest BCUT2D eigenvalue weighted by atomic mass is 32.2. The number of aromatic nitrogens is 5. The van der Waals surface area contributed by atoms with E-state index in [2.05, 4.69) is 34.8 Å². The summed E-state index contributed by atoms with van der Waals surface area (Å²) in [6.07, 6.45) is 3.78. The summed E-state index contributed by atoms with van der Waals surface area (Å²) < 4.78 is 29.9. The molecule has 1 atom stereocenters. The van der Waals surface area contributed by atoms with Crippen molar-refractivity contribution in [3.05, 3.63) is 42.7 Å². The van der Waals surface area contributed by atoms with E-state index >= 15 is 0 Å². The Kier molecular flexibility index (Phi) is 6.37. The average molecular weight is 539 g/mol. The Hall–Kier alpha value is -3.75. The fourth-order valence-corrected chi connectivity index (χ4v) is 5.76. The van der Waals surface area contributed by atoms with Crippen LogP contribution in [0.2, 0.25) is 0 Å². The monoisotopic (exact) mass is 538 g/mol. The van der Waals surface area contributed by atoms with Crippen LogP contribution in [0.4, 0.5) is 17.6 Å². The van der Waals surface area contributed by atoms with Gasteiger partial charge in [-0.2, -0.15) is 19.5 Å². The molecule has 0 amide bonds. The number of piperazine rings is 1. The van der Waals surface area contributed by atoms with Crippen molar-refractivity contribution in [1.82, 2.24) is 29.5 Å². The summed E-state index contributed by atoms with van der Waals surface area (Å²) in [5.74, 6) is 2.67. The number of primary sulfonamides is 1. The molecule has 13 nitrogen and oxygen atoms in total. The third kappa shape index (κ3) is 5.01. The minimum absolute atomic E-state index is 0.133. The molecule has 200 valence electrons. The van der Waals surface area contributed by atoms with Gasteiger partial charge in [0.2, 0.25) is 27.7 Å². The number of nitrogen functional groups attached to an aromatic ring is 1. The molecule has 0 spiro atoms. The Bertz CT molecular complexity index is 1510. The Labute approximate surface area is 220 Å². The summed E-state index contributed by atoms with van der Waals surface area (Å²) in [5.41, 5.74) is 7.22. The molecule has 1 aromatic carbocycles. The summed E-state index contributed by atoms with van der Waals surface area (Å²) in [5, 5.41) is 9.59. The number of hydrogen-bond acceptors (Lipinski definition) is 11. The number of hydrogen-bond donors (Lipinski definition) is 2. The van der Waals surface area contributed by atoms with Gasteiger partial charge in [0.15, 0.2) is 5.76 Å². The SMILES string of the molecule is Nc1nc(N2CCCC(CN3CCN(c4ccc(S(N)(=O)=O)cc4)CC3)C2)nc2nc(-c3ccco3)nn12. The van der Waals surface area contributed by atoms with Crippen LogP contribution in [-0.2, 0) is 10.0 Å². The zero-order valence-electron chi connectivity index (χ0n) is 20.8. The van der Waals surface area contributed by atoms with Crippen LogP contribution in [0.1, 0.15) is 12.8 Å². The van der Waals surface area contributed by atoms with Gasteiger partial charge in [0, 0.05) is 51.5 Å². The van der Waals surface area contributed by atoms with Crippen LogP contribution in [0.25, 0.3) is 17.4 Å². The molecular formula is C24H30N10O3S. The van der Waals surface area contributed by atoms with Crippen LogP contribution < -0.4 is 20.7 Å². The molecule has 0 saturated carbocycles. The largest absolute Gasteiger partial charge is 0.461 e. The smallest absolute Gasteiger partial charge is 0.259 e. The van der Waals surface area contributed by atoms with Crippen molar-refractivity contribution in [2.24, 2.45) is 11.1 Å². The van der Waals surface area contributed by atoms with Gasteiger partial charge in [-0.05, 0) is 55.2 Å². The number of nitrogens with two attached hydrogens (primary N) is 2.